The molecule has 0 radical (unpaired) electrons. The first-order chi connectivity index (χ1) is 10.5. The third-order valence-corrected chi connectivity index (χ3v) is 3.39. The smallest absolute Gasteiger partial charge is 0.346 e. The van der Waals surface area contributed by atoms with Gasteiger partial charge in [-0.1, -0.05) is 0 Å². The molecule has 0 bridgehead atoms. The minimum absolute atomic E-state index is 0.0894. The van der Waals surface area contributed by atoms with Crippen LogP contribution >= 0.6 is 0 Å². The summed E-state index contributed by atoms with van der Waals surface area (Å²) < 4.78 is 10.4. The molecule has 0 amide bonds. The normalized spacial score (nSPS) is 22.7. The van der Waals surface area contributed by atoms with Crippen LogP contribution in [0.2, 0.25) is 0 Å². The van der Waals surface area contributed by atoms with Crippen LogP contribution in [0.1, 0.15) is 9.59 Å². The third-order valence-electron chi connectivity index (χ3n) is 3.39. The molecule has 0 aliphatic carbocycles. The van der Waals surface area contributed by atoms with Gasteiger partial charge in [-0.25, -0.2) is 14.2 Å². The van der Waals surface area contributed by atoms with E-state index in [9.17, 15) is 24.0 Å². The largest absolute Gasteiger partial charge is 0.363 e. The number of nitrogens with one attached hydrogen (secondary N) is 2. The molecule has 11 nitrogen and oxygen atoms in total. The molecule has 11 heteroatoms. The van der Waals surface area contributed by atoms with Crippen LogP contribution in [0.15, 0.2) is 14.4 Å². The average molecular weight is 308 g/mol. The zero-order valence-electron chi connectivity index (χ0n) is 10.8. The molecule has 2 fully saturated rings. The summed E-state index contributed by atoms with van der Waals surface area (Å²) in [6.07, 6.45) is -1.73. The van der Waals surface area contributed by atoms with E-state index in [1.54, 1.807) is 0 Å². The highest BCUT2D eigenvalue weighted by atomic mass is 16.6. The van der Waals surface area contributed by atoms with Crippen molar-refractivity contribution in [1.29, 1.82) is 0 Å². The molecule has 114 valence electrons. The van der Waals surface area contributed by atoms with Crippen LogP contribution in [0.5, 0.6) is 0 Å². The van der Waals surface area contributed by atoms with Crippen LogP contribution in [0.4, 0.5) is 0 Å². The molecule has 0 saturated carbocycles. The van der Waals surface area contributed by atoms with Crippen molar-refractivity contribution in [1.82, 2.24) is 19.1 Å². The first-order valence-corrected chi connectivity index (χ1v) is 6.30. The SMILES string of the molecule is O=C(C1CO1)n1c(=O)c2[nH]c(=O)[nH]c2n(C(=O)C2CO2)c1=O. The van der Waals surface area contributed by atoms with Crippen LogP contribution in [-0.2, 0) is 9.47 Å². The number of H-pyrrole nitrogens is 2. The summed E-state index contributed by atoms with van der Waals surface area (Å²) in [5, 5.41) is 0. The lowest BCUT2D eigenvalue weighted by molar-refractivity contribution is 0.0843. The second-order valence-corrected chi connectivity index (χ2v) is 4.88. The third kappa shape index (κ3) is 1.72. The molecule has 0 aromatic carbocycles. The van der Waals surface area contributed by atoms with Crippen molar-refractivity contribution in [2.24, 2.45) is 0 Å². The van der Waals surface area contributed by atoms with Gasteiger partial charge in [0, 0.05) is 0 Å². The molecule has 2 aromatic rings. The molecule has 2 aliphatic heterocycles. The van der Waals surface area contributed by atoms with Crippen molar-refractivity contribution >= 4 is 23.0 Å². The Morgan fingerprint density at radius 2 is 1.50 bits per heavy atom. The number of imidazole rings is 1. The summed E-state index contributed by atoms with van der Waals surface area (Å²) in [6, 6.07) is 0. The van der Waals surface area contributed by atoms with Crippen molar-refractivity contribution in [3.8, 4) is 0 Å². The summed E-state index contributed by atoms with van der Waals surface area (Å²) in [5.74, 6) is -1.64. The monoisotopic (exact) mass is 308 g/mol. The van der Waals surface area contributed by atoms with Crippen LogP contribution in [0, 0.1) is 0 Å². The molecule has 4 heterocycles. The quantitative estimate of drug-likeness (QED) is 0.571. The van der Waals surface area contributed by atoms with E-state index < -0.39 is 41.0 Å². The Balaban J connectivity index is 2.09. The summed E-state index contributed by atoms with van der Waals surface area (Å²) >= 11 is 0. The molecule has 4 rings (SSSR count). The lowest BCUT2D eigenvalue weighted by Gasteiger charge is -2.07. The Hall–Kier alpha value is -2.79. The van der Waals surface area contributed by atoms with E-state index in [1.807, 2.05) is 0 Å². The number of carbonyl (C=O) groups excluding carboxylic acids is 2. The van der Waals surface area contributed by atoms with Crippen LogP contribution in [0.25, 0.3) is 11.2 Å². The van der Waals surface area contributed by atoms with Gasteiger partial charge in [-0.3, -0.25) is 24.4 Å². The van der Waals surface area contributed by atoms with Crippen LogP contribution in [-0.4, -0.2) is 56.3 Å². The molecule has 2 aromatic heterocycles. The molecule has 2 saturated heterocycles. The van der Waals surface area contributed by atoms with E-state index in [1.165, 1.54) is 0 Å². The molecule has 2 atom stereocenters. The summed E-state index contributed by atoms with van der Waals surface area (Å²) in [5.41, 5.74) is -3.58. The first-order valence-electron chi connectivity index (χ1n) is 6.30. The van der Waals surface area contributed by atoms with Crippen LogP contribution < -0.4 is 16.9 Å². The van der Waals surface area contributed by atoms with Crippen molar-refractivity contribution in [3.63, 3.8) is 0 Å². The van der Waals surface area contributed by atoms with E-state index in [4.69, 9.17) is 9.47 Å². The maximum absolute atomic E-state index is 12.4. The fourth-order valence-electron chi connectivity index (χ4n) is 2.16. The fourth-order valence-corrected chi connectivity index (χ4v) is 2.16. The number of hydrogen-bond acceptors (Lipinski definition) is 7. The van der Waals surface area contributed by atoms with Gasteiger partial charge < -0.3 is 9.47 Å². The minimum atomic E-state index is -1.16. The van der Waals surface area contributed by atoms with Crippen molar-refractivity contribution in [2.45, 2.75) is 12.2 Å². The number of carbonyl (C=O) groups is 2. The van der Waals surface area contributed by atoms with Gasteiger partial charge in [0.2, 0.25) is 0 Å². The van der Waals surface area contributed by atoms with Crippen LogP contribution in [0.3, 0.4) is 0 Å². The molecular weight excluding hydrogens is 300 g/mol. The number of nitrogens with zero attached hydrogens (tertiary/aromatic N) is 2. The summed E-state index contributed by atoms with van der Waals surface area (Å²) in [4.78, 5) is 64.6. The van der Waals surface area contributed by atoms with Gasteiger partial charge in [0.1, 0.15) is 0 Å². The number of rotatable bonds is 2. The topological polar surface area (TPSA) is 152 Å². The fraction of sp³-hybridized carbons (Fsp3) is 0.364. The molecule has 2 aliphatic rings. The lowest BCUT2D eigenvalue weighted by atomic mass is 10.4. The maximum Gasteiger partial charge on any atom is 0.346 e. The zero-order chi connectivity index (χ0) is 15.6. The second kappa shape index (κ2) is 4.11. The Labute approximate surface area is 119 Å². The predicted octanol–water partition coefficient (Wildman–Crippen LogP) is -2.74. The Kier molecular flexibility index (Phi) is 2.41. The summed E-state index contributed by atoms with van der Waals surface area (Å²) in [7, 11) is 0. The molecular formula is C11H8N4O7. The van der Waals surface area contributed by atoms with Gasteiger partial charge >= 0.3 is 11.4 Å². The van der Waals surface area contributed by atoms with Gasteiger partial charge in [0.15, 0.2) is 23.4 Å². The van der Waals surface area contributed by atoms with Gasteiger partial charge in [-0.15, -0.1) is 0 Å². The van der Waals surface area contributed by atoms with Gasteiger partial charge in [-0.05, 0) is 0 Å². The second-order valence-electron chi connectivity index (χ2n) is 4.88. The molecule has 22 heavy (non-hydrogen) atoms. The van der Waals surface area contributed by atoms with E-state index >= 15 is 0 Å². The standard InChI is InChI=1S/C11H8N4O7/c16-7(3-1-21-3)14-6-5(12-10(19)13-6)9(18)15(11(14)20)8(17)4-2-22-4/h3-4H,1-2H2,(H2,12,13,19). The average Bonchev–Trinajstić information content (AvgIpc) is 3.36. The highest BCUT2D eigenvalue weighted by Crippen LogP contribution is 2.14. The van der Waals surface area contributed by atoms with Gasteiger partial charge in [0.25, 0.3) is 17.4 Å². The van der Waals surface area contributed by atoms with E-state index in [2.05, 4.69) is 9.97 Å². The number of ether oxygens (including phenoxy) is 2. The highest BCUT2D eigenvalue weighted by Gasteiger charge is 2.39. The number of hydrogen-bond donors (Lipinski definition) is 2. The molecule has 2 N–H and O–H groups in total. The Morgan fingerprint density at radius 3 is 2.05 bits per heavy atom. The first kappa shape index (κ1) is 12.9. The lowest BCUT2D eigenvalue weighted by Crippen LogP contribution is -2.47. The maximum atomic E-state index is 12.4. The summed E-state index contributed by atoms with van der Waals surface area (Å²) in [6.45, 7) is 0.215. The molecule has 2 unspecified atom stereocenters. The van der Waals surface area contributed by atoms with Crippen molar-refractivity contribution < 1.29 is 19.1 Å². The Bertz CT molecular complexity index is 998. The number of fused-ring (bicyclic) bond motifs is 1. The van der Waals surface area contributed by atoms with E-state index in [0.29, 0.717) is 9.13 Å². The van der Waals surface area contributed by atoms with E-state index in [0.717, 1.165) is 0 Å². The van der Waals surface area contributed by atoms with Gasteiger partial charge in [0.05, 0.1) is 13.2 Å². The minimum Gasteiger partial charge on any atom is -0.363 e. The van der Waals surface area contributed by atoms with Crippen molar-refractivity contribution in [2.75, 3.05) is 13.2 Å². The number of aromatic nitrogens is 4. The highest BCUT2D eigenvalue weighted by molar-refractivity contribution is 5.93. The Morgan fingerprint density at radius 1 is 0.955 bits per heavy atom. The predicted molar refractivity (Wildman–Crippen MR) is 68.2 cm³/mol. The number of aromatic amines is 2. The van der Waals surface area contributed by atoms with Gasteiger partial charge in [-0.2, -0.15) is 4.57 Å². The molecule has 0 spiro atoms. The number of epoxide rings is 2. The van der Waals surface area contributed by atoms with Crippen molar-refractivity contribution in [3.05, 3.63) is 31.3 Å². The zero-order valence-corrected chi connectivity index (χ0v) is 10.8. The van der Waals surface area contributed by atoms with E-state index in [-0.39, 0.29) is 24.4 Å².